The molecule has 0 unspecified atom stereocenters. The lowest BCUT2D eigenvalue weighted by molar-refractivity contribution is -0.137. The van der Waals surface area contributed by atoms with E-state index in [0.29, 0.717) is 16.9 Å². The summed E-state index contributed by atoms with van der Waals surface area (Å²) in [6.07, 6.45) is -3.18. The van der Waals surface area contributed by atoms with Crippen molar-refractivity contribution in [1.82, 2.24) is 0 Å². The minimum absolute atomic E-state index is 0.0174. The summed E-state index contributed by atoms with van der Waals surface area (Å²) in [5, 5.41) is 9.33. The predicted molar refractivity (Wildman–Crippen MR) is 109 cm³/mol. The number of sulfone groups is 1. The van der Waals surface area contributed by atoms with E-state index in [1.54, 1.807) is 48.5 Å². The molecule has 4 nitrogen and oxygen atoms in total. The number of benzene rings is 3. The van der Waals surface area contributed by atoms with E-state index >= 15 is 0 Å². The molecule has 3 aromatic rings. The van der Waals surface area contributed by atoms with Gasteiger partial charge in [-0.25, -0.2) is 8.42 Å². The number of halogens is 3. The molecule has 0 aliphatic heterocycles. The van der Waals surface area contributed by atoms with Crippen molar-refractivity contribution >= 4 is 15.9 Å². The monoisotopic (exact) mass is 443 g/mol. The Labute approximate surface area is 177 Å². The van der Waals surface area contributed by atoms with Crippen LogP contribution in [0, 0.1) is 11.3 Å². The largest absolute Gasteiger partial charge is 0.489 e. The normalized spacial score (nSPS) is 12.3. The maximum Gasteiger partial charge on any atom is 0.416 e. The van der Waals surface area contributed by atoms with Gasteiger partial charge in [0.2, 0.25) is 9.84 Å². The van der Waals surface area contributed by atoms with Crippen LogP contribution in [-0.2, 0) is 22.6 Å². The zero-order valence-corrected chi connectivity index (χ0v) is 16.8. The van der Waals surface area contributed by atoms with E-state index in [-0.39, 0.29) is 11.5 Å². The van der Waals surface area contributed by atoms with Gasteiger partial charge in [-0.15, -0.1) is 0 Å². The third-order valence-corrected chi connectivity index (χ3v) is 5.97. The molecule has 31 heavy (non-hydrogen) atoms. The van der Waals surface area contributed by atoms with Gasteiger partial charge in [0.25, 0.3) is 0 Å². The van der Waals surface area contributed by atoms with Gasteiger partial charge in [-0.1, -0.05) is 42.5 Å². The fourth-order valence-corrected chi connectivity index (χ4v) is 3.89. The molecule has 0 heterocycles. The van der Waals surface area contributed by atoms with Gasteiger partial charge >= 0.3 is 6.18 Å². The van der Waals surface area contributed by atoms with Crippen LogP contribution in [0.2, 0.25) is 0 Å². The number of hydrogen-bond acceptors (Lipinski definition) is 4. The van der Waals surface area contributed by atoms with E-state index in [2.05, 4.69) is 0 Å². The Morgan fingerprint density at radius 1 is 0.968 bits per heavy atom. The highest BCUT2D eigenvalue weighted by atomic mass is 32.2. The van der Waals surface area contributed by atoms with Crippen molar-refractivity contribution in [2.75, 3.05) is 0 Å². The molecule has 158 valence electrons. The number of hydrogen-bond donors (Lipinski definition) is 0. The molecule has 0 aliphatic carbocycles. The molecule has 0 saturated heterocycles. The molecule has 0 spiro atoms. The summed E-state index contributed by atoms with van der Waals surface area (Å²) in [5.74, 6) is 0.388. The maximum absolute atomic E-state index is 12.8. The minimum atomic E-state index is -4.43. The number of ether oxygens (including phenoxy) is 1. The third-order valence-electron chi connectivity index (χ3n) is 4.29. The molecule has 3 aromatic carbocycles. The second-order valence-electron chi connectivity index (χ2n) is 6.49. The summed E-state index contributed by atoms with van der Waals surface area (Å²) in [7, 11) is -3.95. The van der Waals surface area contributed by atoms with Crippen LogP contribution in [0.3, 0.4) is 0 Å². The smallest absolute Gasteiger partial charge is 0.416 e. The number of nitrogens with zero attached hydrogens (tertiary/aromatic N) is 1. The SMILES string of the molecule is N#C/C(=C\c1ccc(OCc2cccc(C(F)(F)F)c2)cc1)S(=O)(=O)c1ccccc1. The van der Waals surface area contributed by atoms with Gasteiger partial charge in [0.05, 0.1) is 10.5 Å². The van der Waals surface area contributed by atoms with Gasteiger partial charge < -0.3 is 4.74 Å². The molecule has 0 aromatic heterocycles. The van der Waals surface area contributed by atoms with Crippen LogP contribution in [0.1, 0.15) is 16.7 Å². The first-order valence-electron chi connectivity index (χ1n) is 9.01. The van der Waals surface area contributed by atoms with E-state index in [1.165, 1.54) is 30.3 Å². The highest BCUT2D eigenvalue weighted by Gasteiger charge is 2.30. The Balaban J connectivity index is 1.74. The van der Waals surface area contributed by atoms with Gasteiger partial charge in [-0.05, 0) is 53.6 Å². The third kappa shape index (κ3) is 5.53. The number of allylic oxidation sites excluding steroid dienone is 1. The summed E-state index contributed by atoms with van der Waals surface area (Å²) in [5.41, 5.74) is 0.0692. The summed E-state index contributed by atoms with van der Waals surface area (Å²) in [4.78, 5) is -0.389. The van der Waals surface area contributed by atoms with Crippen LogP contribution in [0.4, 0.5) is 13.2 Å². The van der Waals surface area contributed by atoms with E-state index < -0.39 is 26.5 Å². The van der Waals surface area contributed by atoms with Gasteiger partial charge in [0, 0.05) is 0 Å². The Bertz CT molecular complexity index is 1230. The fourth-order valence-electron chi connectivity index (χ4n) is 2.71. The molecule has 0 fully saturated rings. The van der Waals surface area contributed by atoms with Crippen LogP contribution in [-0.4, -0.2) is 8.42 Å². The molecule has 8 heteroatoms. The first-order chi connectivity index (χ1) is 14.7. The van der Waals surface area contributed by atoms with Gasteiger partial charge in [-0.2, -0.15) is 18.4 Å². The van der Waals surface area contributed by atoms with E-state index in [0.717, 1.165) is 12.1 Å². The van der Waals surface area contributed by atoms with Gasteiger partial charge in [0.15, 0.2) is 0 Å². The lowest BCUT2D eigenvalue weighted by Gasteiger charge is -2.10. The fraction of sp³-hybridized carbons (Fsp3) is 0.0870. The second-order valence-corrected chi connectivity index (χ2v) is 8.41. The molecular formula is C23H16F3NO3S. The molecule has 0 N–H and O–H groups in total. The van der Waals surface area contributed by atoms with E-state index in [1.807, 2.05) is 0 Å². The molecule has 0 amide bonds. The minimum Gasteiger partial charge on any atom is -0.489 e. The van der Waals surface area contributed by atoms with Crippen LogP contribution in [0.15, 0.2) is 88.7 Å². The average molecular weight is 443 g/mol. The van der Waals surface area contributed by atoms with Crippen molar-refractivity contribution in [3.63, 3.8) is 0 Å². The standard InChI is InChI=1S/C23H16F3NO3S/c24-23(25,26)19-6-4-5-18(13-19)16-30-20-11-9-17(10-12-20)14-22(15-27)31(28,29)21-7-2-1-3-8-21/h1-14H,16H2/b22-14+. The Morgan fingerprint density at radius 2 is 1.65 bits per heavy atom. The first-order valence-corrected chi connectivity index (χ1v) is 10.5. The molecule has 0 radical (unpaired) electrons. The van der Waals surface area contributed by atoms with Crippen molar-refractivity contribution in [1.29, 1.82) is 5.26 Å². The summed E-state index contributed by atoms with van der Waals surface area (Å²) in [6, 6.07) is 20.4. The average Bonchev–Trinajstić information content (AvgIpc) is 2.77. The molecular weight excluding hydrogens is 427 g/mol. The van der Waals surface area contributed by atoms with Crippen LogP contribution < -0.4 is 4.74 Å². The lowest BCUT2D eigenvalue weighted by atomic mass is 10.1. The van der Waals surface area contributed by atoms with Gasteiger partial charge in [-0.3, -0.25) is 0 Å². The summed E-state index contributed by atoms with van der Waals surface area (Å²) < 4.78 is 69.1. The predicted octanol–water partition coefficient (Wildman–Crippen LogP) is 5.62. The van der Waals surface area contributed by atoms with Crippen molar-refractivity contribution in [2.45, 2.75) is 17.7 Å². The quantitative estimate of drug-likeness (QED) is 0.464. The maximum atomic E-state index is 12.8. The highest BCUT2D eigenvalue weighted by molar-refractivity contribution is 7.95. The van der Waals surface area contributed by atoms with Crippen LogP contribution in [0.25, 0.3) is 6.08 Å². The van der Waals surface area contributed by atoms with Crippen molar-refractivity contribution in [2.24, 2.45) is 0 Å². The Hall–Kier alpha value is -3.57. The lowest BCUT2D eigenvalue weighted by Crippen LogP contribution is -2.06. The van der Waals surface area contributed by atoms with Crippen LogP contribution in [0.5, 0.6) is 5.75 Å². The summed E-state index contributed by atoms with van der Waals surface area (Å²) in [6.45, 7) is -0.0645. The number of nitriles is 1. The molecule has 0 bridgehead atoms. The Kier molecular flexibility index (Phi) is 6.47. The Morgan fingerprint density at radius 3 is 2.26 bits per heavy atom. The molecule has 0 saturated carbocycles. The molecule has 3 rings (SSSR count). The topological polar surface area (TPSA) is 67.2 Å². The second kappa shape index (κ2) is 9.06. The van der Waals surface area contributed by atoms with Gasteiger partial charge in [0.1, 0.15) is 23.3 Å². The highest BCUT2D eigenvalue weighted by Crippen LogP contribution is 2.30. The van der Waals surface area contributed by atoms with Crippen molar-refractivity contribution < 1.29 is 26.3 Å². The van der Waals surface area contributed by atoms with E-state index in [9.17, 15) is 26.9 Å². The van der Waals surface area contributed by atoms with Crippen molar-refractivity contribution in [3.05, 3.63) is 100 Å². The van der Waals surface area contributed by atoms with E-state index in [4.69, 9.17) is 4.74 Å². The first kappa shape index (κ1) is 22.1. The molecule has 0 aliphatic rings. The number of rotatable bonds is 6. The van der Waals surface area contributed by atoms with Crippen LogP contribution >= 0.6 is 0 Å². The zero-order chi connectivity index (χ0) is 22.5. The molecule has 0 atom stereocenters. The van der Waals surface area contributed by atoms with Crippen molar-refractivity contribution in [3.8, 4) is 11.8 Å². The summed E-state index contributed by atoms with van der Waals surface area (Å²) >= 11 is 0. The number of alkyl halides is 3. The zero-order valence-electron chi connectivity index (χ0n) is 16.0.